The van der Waals surface area contributed by atoms with Crippen LogP contribution in [0.15, 0.2) is 12.1 Å². The summed E-state index contributed by atoms with van der Waals surface area (Å²) >= 11 is 6.38. The van der Waals surface area contributed by atoms with Gasteiger partial charge in [0.25, 0.3) is 0 Å². The third-order valence-corrected chi connectivity index (χ3v) is 4.42. The molecule has 1 aliphatic rings. The molecule has 0 heterocycles. The van der Waals surface area contributed by atoms with Crippen LogP contribution in [-0.2, 0) is 0 Å². The highest BCUT2D eigenvalue weighted by molar-refractivity contribution is 6.33. The van der Waals surface area contributed by atoms with Crippen LogP contribution in [0.25, 0.3) is 0 Å². The van der Waals surface area contributed by atoms with E-state index in [-0.39, 0.29) is 0 Å². The van der Waals surface area contributed by atoms with Gasteiger partial charge >= 0.3 is 0 Å². The summed E-state index contributed by atoms with van der Waals surface area (Å²) in [6, 6.07) is 4.30. The maximum atomic E-state index is 6.38. The number of ether oxygens (including phenoxy) is 2. The van der Waals surface area contributed by atoms with E-state index in [1.54, 1.807) is 14.2 Å². The summed E-state index contributed by atoms with van der Waals surface area (Å²) < 4.78 is 10.8. The predicted octanol–water partition coefficient (Wildman–Crippen LogP) is 4.05. The molecule has 1 N–H and O–H groups in total. The fourth-order valence-corrected chi connectivity index (χ4v) is 3.10. The van der Waals surface area contributed by atoms with Gasteiger partial charge in [-0.3, -0.25) is 0 Å². The molecule has 0 spiro atoms. The van der Waals surface area contributed by atoms with Crippen molar-refractivity contribution < 1.29 is 9.47 Å². The average Bonchev–Trinajstić information content (AvgIpc) is 3.16. The maximum absolute atomic E-state index is 6.38. The molecule has 2 rings (SSSR count). The minimum absolute atomic E-state index is 0.309. The lowest BCUT2D eigenvalue weighted by Crippen LogP contribution is -2.25. The van der Waals surface area contributed by atoms with Crippen LogP contribution in [0.2, 0.25) is 5.02 Å². The molecule has 20 heavy (non-hydrogen) atoms. The molecular formula is C16H24ClNO2. The minimum Gasteiger partial charge on any atom is -0.495 e. The molecule has 0 amide bonds. The highest BCUT2D eigenvalue weighted by Crippen LogP contribution is 2.50. The second kappa shape index (κ2) is 6.68. The van der Waals surface area contributed by atoms with Gasteiger partial charge in [0.1, 0.15) is 16.5 Å². The van der Waals surface area contributed by atoms with E-state index in [0.29, 0.717) is 22.7 Å². The Kier molecular flexibility index (Phi) is 5.17. The number of hydrogen-bond donors (Lipinski definition) is 1. The van der Waals surface area contributed by atoms with Crippen LogP contribution in [0.5, 0.6) is 11.5 Å². The molecule has 0 saturated heterocycles. The van der Waals surface area contributed by atoms with E-state index in [4.69, 9.17) is 21.1 Å². The predicted molar refractivity (Wildman–Crippen MR) is 82.9 cm³/mol. The van der Waals surface area contributed by atoms with E-state index in [1.165, 1.54) is 6.42 Å². The molecule has 1 aliphatic carbocycles. The van der Waals surface area contributed by atoms with Crippen molar-refractivity contribution in [1.29, 1.82) is 0 Å². The first-order chi connectivity index (χ1) is 9.63. The van der Waals surface area contributed by atoms with E-state index in [2.05, 4.69) is 25.2 Å². The van der Waals surface area contributed by atoms with E-state index in [0.717, 1.165) is 30.2 Å². The van der Waals surface area contributed by atoms with Gasteiger partial charge in [-0.15, -0.1) is 0 Å². The average molecular weight is 298 g/mol. The molecule has 3 nitrogen and oxygen atoms in total. The lowest BCUT2D eigenvalue weighted by Gasteiger charge is -2.23. The van der Waals surface area contributed by atoms with Crippen LogP contribution in [-0.4, -0.2) is 20.8 Å². The van der Waals surface area contributed by atoms with Gasteiger partial charge in [-0.1, -0.05) is 25.4 Å². The van der Waals surface area contributed by atoms with Crippen molar-refractivity contribution in [1.82, 2.24) is 5.32 Å². The zero-order valence-electron chi connectivity index (χ0n) is 12.7. The first kappa shape index (κ1) is 15.5. The van der Waals surface area contributed by atoms with E-state index in [9.17, 15) is 0 Å². The summed E-state index contributed by atoms with van der Waals surface area (Å²) in [6.07, 6.45) is 2.37. The van der Waals surface area contributed by atoms with Crippen LogP contribution >= 0.6 is 11.6 Å². The Morgan fingerprint density at radius 2 is 2.05 bits per heavy atom. The van der Waals surface area contributed by atoms with Gasteiger partial charge in [-0.25, -0.2) is 0 Å². The standard InChI is InChI=1S/C16H24ClNO2/c1-5-8-18-15(12-9-10(12)2)11-6-7-13(19-3)14(17)16(11)20-4/h6-7,10,12,15,18H,5,8-9H2,1-4H3. The summed E-state index contributed by atoms with van der Waals surface area (Å²) in [5.74, 6) is 2.82. The van der Waals surface area contributed by atoms with Crippen LogP contribution in [0.1, 0.15) is 38.3 Å². The summed E-state index contributed by atoms with van der Waals surface area (Å²) in [4.78, 5) is 0. The Morgan fingerprint density at radius 3 is 2.55 bits per heavy atom. The molecule has 1 aromatic carbocycles. The smallest absolute Gasteiger partial charge is 0.146 e. The number of hydrogen-bond acceptors (Lipinski definition) is 3. The van der Waals surface area contributed by atoms with E-state index >= 15 is 0 Å². The molecule has 1 aromatic rings. The van der Waals surface area contributed by atoms with Crippen LogP contribution in [0.4, 0.5) is 0 Å². The van der Waals surface area contributed by atoms with Crippen LogP contribution in [0, 0.1) is 11.8 Å². The second-order valence-electron chi connectivity index (χ2n) is 5.51. The van der Waals surface area contributed by atoms with E-state index in [1.807, 2.05) is 6.07 Å². The third-order valence-electron chi connectivity index (χ3n) is 4.07. The highest BCUT2D eigenvalue weighted by Gasteiger charge is 2.41. The molecule has 0 aliphatic heterocycles. The zero-order chi connectivity index (χ0) is 14.7. The number of rotatable bonds is 7. The highest BCUT2D eigenvalue weighted by atomic mass is 35.5. The van der Waals surface area contributed by atoms with Crippen molar-refractivity contribution in [3.63, 3.8) is 0 Å². The summed E-state index contributed by atoms with van der Waals surface area (Å²) in [6.45, 7) is 5.47. The number of nitrogens with one attached hydrogen (secondary N) is 1. The second-order valence-corrected chi connectivity index (χ2v) is 5.89. The molecular weight excluding hydrogens is 274 g/mol. The molecule has 112 valence electrons. The van der Waals surface area contributed by atoms with E-state index < -0.39 is 0 Å². The first-order valence-electron chi connectivity index (χ1n) is 7.27. The Morgan fingerprint density at radius 1 is 1.35 bits per heavy atom. The third kappa shape index (κ3) is 3.04. The Balaban J connectivity index is 2.34. The van der Waals surface area contributed by atoms with Crippen molar-refractivity contribution in [2.45, 2.75) is 32.7 Å². The molecule has 0 aromatic heterocycles. The Bertz CT molecular complexity index is 464. The minimum atomic E-state index is 0.309. The Hall–Kier alpha value is -0.930. The van der Waals surface area contributed by atoms with Gasteiger partial charge in [0, 0.05) is 11.6 Å². The molecule has 1 fully saturated rings. The quantitative estimate of drug-likeness (QED) is 0.823. The molecule has 4 heteroatoms. The normalized spacial score (nSPS) is 22.4. The zero-order valence-corrected chi connectivity index (χ0v) is 13.5. The number of halogens is 1. The molecule has 1 saturated carbocycles. The summed E-state index contributed by atoms with van der Waals surface area (Å²) in [7, 11) is 3.29. The van der Waals surface area contributed by atoms with Crippen LogP contribution in [0.3, 0.4) is 0 Å². The summed E-state index contributed by atoms with van der Waals surface area (Å²) in [5.41, 5.74) is 1.14. The molecule has 0 bridgehead atoms. The molecule has 0 radical (unpaired) electrons. The van der Waals surface area contributed by atoms with Gasteiger partial charge < -0.3 is 14.8 Å². The van der Waals surface area contributed by atoms with Crippen molar-refractivity contribution in [3.8, 4) is 11.5 Å². The SMILES string of the molecule is CCCNC(c1ccc(OC)c(Cl)c1OC)C1CC1C. The Labute approximate surface area is 126 Å². The van der Waals surface area contributed by atoms with Crippen molar-refractivity contribution >= 4 is 11.6 Å². The monoisotopic (exact) mass is 297 g/mol. The maximum Gasteiger partial charge on any atom is 0.146 e. The molecule has 3 unspecified atom stereocenters. The van der Waals surface area contributed by atoms with Gasteiger partial charge in [0.05, 0.1) is 14.2 Å². The van der Waals surface area contributed by atoms with Crippen LogP contribution < -0.4 is 14.8 Å². The van der Waals surface area contributed by atoms with Gasteiger partial charge in [0.2, 0.25) is 0 Å². The number of methoxy groups -OCH3 is 2. The number of benzene rings is 1. The van der Waals surface area contributed by atoms with Gasteiger partial charge in [0.15, 0.2) is 0 Å². The topological polar surface area (TPSA) is 30.5 Å². The van der Waals surface area contributed by atoms with Gasteiger partial charge in [-0.05, 0) is 43.4 Å². The van der Waals surface area contributed by atoms with Crippen molar-refractivity contribution in [3.05, 3.63) is 22.7 Å². The van der Waals surface area contributed by atoms with Gasteiger partial charge in [-0.2, -0.15) is 0 Å². The lowest BCUT2D eigenvalue weighted by molar-refractivity contribution is 0.377. The van der Waals surface area contributed by atoms with Crippen molar-refractivity contribution in [2.24, 2.45) is 11.8 Å². The fourth-order valence-electron chi connectivity index (χ4n) is 2.77. The summed E-state index contributed by atoms with van der Waals surface area (Å²) in [5, 5.41) is 4.20. The fraction of sp³-hybridized carbons (Fsp3) is 0.625. The largest absolute Gasteiger partial charge is 0.495 e. The van der Waals surface area contributed by atoms with Crippen molar-refractivity contribution in [2.75, 3.05) is 20.8 Å². The first-order valence-corrected chi connectivity index (χ1v) is 7.65. The lowest BCUT2D eigenvalue weighted by atomic mass is 9.99. The molecule has 3 atom stereocenters.